The summed E-state index contributed by atoms with van der Waals surface area (Å²) in [5.74, 6) is -9.65. The van der Waals surface area contributed by atoms with Crippen LogP contribution in [-0.2, 0) is 79.8 Å². The Hall–Kier alpha value is -7.63. The molecule has 28 heteroatoms. The van der Waals surface area contributed by atoms with Crippen molar-refractivity contribution in [1.29, 1.82) is 0 Å². The van der Waals surface area contributed by atoms with E-state index in [4.69, 9.17) is 34.9 Å². The number of hydrogen-bond acceptors (Lipinski definition) is 20. The van der Waals surface area contributed by atoms with Crippen LogP contribution in [-0.4, -0.2) is 162 Å². The summed E-state index contributed by atoms with van der Waals surface area (Å²) in [6.07, 6.45) is -0.714. The Bertz CT molecular complexity index is 2470. The highest BCUT2D eigenvalue weighted by atomic mass is 16.6. The first-order valence-corrected chi connectivity index (χ1v) is 27.0. The highest BCUT2D eigenvalue weighted by molar-refractivity contribution is 5.97. The molecule has 0 saturated carbocycles. The van der Waals surface area contributed by atoms with Gasteiger partial charge in [0.15, 0.2) is 0 Å². The summed E-state index contributed by atoms with van der Waals surface area (Å²) in [5, 5.41) is 59.0. The Morgan fingerprint density at radius 3 is 1.18 bits per heavy atom. The van der Waals surface area contributed by atoms with Crippen LogP contribution in [0.2, 0.25) is 0 Å². The lowest BCUT2D eigenvalue weighted by molar-refractivity contribution is -0.161. The number of ether oxygens (including phenoxy) is 3. The predicted octanol–water partition coefficient (Wildman–Crippen LogP) is 1.50. The van der Waals surface area contributed by atoms with Crippen molar-refractivity contribution in [3.05, 3.63) is 71.8 Å². The van der Waals surface area contributed by atoms with Gasteiger partial charge in [-0.05, 0) is 107 Å². The Balaban J connectivity index is 0.00000154. The molecule has 0 radical (unpaired) electrons. The summed E-state index contributed by atoms with van der Waals surface area (Å²) in [4.78, 5) is 136. The standard InChI is InChI=1S/C33H53N5O9.C16H21N3O7.C7H15NO3/c1-11-19(2)26(31(44)47-33(8,9)10)37-30(43)24(18-25(39)46-32(5,6)7)36-27(40)20(3)34-29(42)23(35-28(41)21(4)38-45)17-22-15-13-12-14-16-22;1-9(19-26)14(22)17-11(8-13(20)21)15(23)18-12(16(24)25)7-10-5-3-2-4-6-10;1-5(8-10)6(9)11-7(2,3)4/h12-16,19-21,23-24,26,38,45H,11,17-18H2,1-10H3,(H,34,42)(H,35,41)(H,36,40)(H,37,43);2-6,9,11-12,19,26H,7-8H2,1H3,(H,17,22)(H,18,23)(H,20,21)(H,24,25);5,8,10H,1-4H3/t19?,20-,21-,23-,24-,26+;9-,11-,12-;5-/m001/s1. The number of aliphatic carboxylic acids is 2. The second-order valence-electron chi connectivity index (χ2n) is 22.6. The highest BCUT2D eigenvalue weighted by Gasteiger charge is 2.36. The molecule has 0 fully saturated rings. The normalized spacial score (nSPS) is 14.8. The van der Waals surface area contributed by atoms with Gasteiger partial charge in [0.2, 0.25) is 35.4 Å². The topological polar surface area (TPSA) is 425 Å². The second kappa shape index (κ2) is 36.8. The number of carboxylic acid groups (broad SMARTS) is 2. The maximum Gasteiger partial charge on any atom is 0.329 e. The van der Waals surface area contributed by atoms with Gasteiger partial charge in [-0.25, -0.2) is 9.59 Å². The molecule has 472 valence electrons. The molecule has 0 heterocycles. The van der Waals surface area contributed by atoms with Crippen molar-refractivity contribution in [3.63, 3.8) is 0 Å². The van der Waals surface area contributed by atoms with E-state index in [1.165, 1.54) is 27.7 Å². The zero-order chi connectivity index (χ0) is 64.9. The monoisotopic (exact) mass is 1190 g/mol. The number of amides is 6. The number of hydroxylamine groups is 3. The summed E-state index contributed by atoms with van der Waals surface area (Å²) in [7, 11) is 0. The molecule has 0 aliphatic heterocycles. The molecule has 0 aliphatic carbocycles. The Kier molecular flexibility index (Phi) is 33.5. The number of esters is 3. The molecule has 0 aliphatic rings. The zero-order valence-corrected chi connectivity index (χ0v) is 50.5. The second-order valence-corrected chi connectivity index (χ2v) is 22.6. The van der Waals surface area contributed by atoms with Gasteiger partial charge in [0.25, 0.3) is 0 Å². The molecule has 28 nitrogen and oxygen atoms in total. The van der Waals surface area contributed by atoms with Crippen LogP contribution < -0.4 is 48.3 Å². The van der Waals surface area contributed by atoms with Crippen molar-refractivity contribution in [1.82, 2.24) is 48.3 Å². The summed E-state index contributed by atoms with van der Waals surface area (Å²) < 4.78 is 15.8. The number of carbonyl (C=O) groups is 11. The quantitative estimate of drug-likeness (QED) is 0.0326. The van der Waals surface area contributed by atoms with E-state index in [2.05, 4.69) is 31.9 Å². The molecule has 84 heavy (non-hydrogen) atoms. The molecule has 0 saturated heterocycles. The van der Waals surface area contributed by atoms with Crippen LogP contribution in [0.1, 0.15) is 134 Å². The molecule has 0 aromatic heterocycles. The van der Waals surface area contributed by atoms with E-state index in [1.807, 2.05) is 17.9 Å². The first-order valence-electron chi connectivity index (χ1n) is 27.0. The minimum atomic E-state index is -1.49. The maximum atomic E-state index is 13.5. The van der Waals surface area contributed by atoms with Crippen molar-refractivity contribution in [2.45, 2.75) is 207 Å². The van der Waals surface area contributed by atoms with Crippen molar-refractivity contribution >= 4 is 65.3 Å². The summed E-state index contributed by atoms with van der Waals surface area (Å²) in [6.45, 7) is 24.5. The zero-order valence-electron chi connectivity index (χ0n) is 50.5. The van der Waals surface area contributed by atoms with Crippen molar-refractivity contribution in [2.75, 3.05) is 0 Å². The van der Waals surface area contributed by atoms with Gasteiger partial charge >= 0.3 is 29.8 Å². The predicted molar refractivity (Wildman–Crippen MR) is 302 cm³/mol. The van der Waals surface area contributed by atoms with Crippen molar-refractivity contribution in [2.24, 2.45) is 5.92 Å². The van der Waals surface area contributed by atoms with E-state index < -0.39 is 149 Å². The van der Waals surface area contributed by atoms with E-state index in [0.29, 0.717) is 12.0 Å². The molecule has 10 atom stereocenters. The van der Waals surface area contributed by atoms with Crippen LogP contribution in [0, 0.1) is 5.92 Å². The van der Waals surface area contributed by atoms with Gasteiger partial charge in [-0.15, -0.1) is 0 Å². The molecular formula is C56H89N9O19. The summed E-state index contributed by atoms with van der Waals surface area (Å²) in [5.41, 5.74) is 4.50. The minimum absolute atomic E-state index is 0.00967. The molecule has 2 aromatic rings. The van der Waals surface area contributed by atoms with E-state index >= 15 is 0 Å². The minimum Gasteiger partial charge on any atom is -0.481 e. The van der Waals surface area contributed by atoms with Crippen LogP contribution in [0.15, 0.2) is 60.7 Å². The van der Waals surface area contributed by atoms with Crippen molar-refractivity contribution < 1.29 is 92.8 Å². The fourth-order valence-electron chi connectivity index (χ4n) is 6.64. The number of nitrogens with one attached hydrogen (secondary N) is 9. The molecule has 2 rings (SSSR count). The van der Waals surface area contributed by atoms with E-state index in [-0.39, 0.29) is 18.8 Å². The number of rotatable bonds is 28. The number of carbonyl (C=O) groups excluding carboxylic acids is 9. The van der Waals surface area contributed by atoms with E-state index in [1.54, 1.807) is 135 Å². The Labute approximate surface area is 489 Å². The molecule has 0 spiro atoms. The van der Waals surface area contributed by atoms with E-state index in [0.717, 1.165) is 5.56 Å². The van der Waals surface area contributed by atoms with Gasteiger partial charge in [-0.2, -0.15) is 16.4 Å². The van der Waals surface area contributed by atoms with Crippen LogP contribution in [0.4, 0.5) is 0 Å². The number of benzene rings is 2. The number of hydrogen-bond donors (Lipinski definition) is 14. The van der Waals surface area contributed by atoms with Gasteiger partial charge in [0, 0.05) is 12.8 Å². The van der Waals surface area contributed by atoms with Gasteiger partial charge in [0.05, 0.1) is 12.8 Å². The average Bonchev–Trinajstić information content (AvgIpc) is 3.57. The largest absolute Gasteiger partial charge is 0.481 e. The third-order valence-electron chi connectivity index (χ3n) is 11.3. The van der Waals surface area contributed by atoms with Gasteiger partial charge in [-0.3, -0.25) is 43.2 Å². The highest BCUT2D eigenvalue weighted by Crippen LogP contribution is 2.17. The summed E-state index contributed by atoms with van der Waals surface area (Å²) >= 11 is 0. The average molecular weight is 1190 g/mol. The third-order valence-corrected chi connectivity index (χ3v) is 11.3. The lowest BCUT2D eigenvalue weighted by Gasteiger charge is -2.29. The van der Waals surface area contributed by atoms with Gasteiger partial charge in [-0.1, -0.05) is 80.9 Å². The van der Waals surface area contributed by atoms with Gasteiger partial charge < -0.3 is 71.9 Å². The number of carboxylic acids is 2. The van der Waals surface area contributed by atoms with Crippen LogP contribution in [0.5, 0.6) is 0 Å². The first-order chi connectivity index (χ1) is 38.8. The Morgan fingerprint density at radius 1 is 0.429 bits per heavy atom. The smallest absolute Gasteiger partial charge is 0.329 e. The van der Waals surface area contributed by atoms with Crippen LogP contribution in [0.3, 0.4) is 0 Å². The lowest BCUT2D eigenvalue weighted by atomic mass is 9.98. The SMILES string of the molecule is CCC(C)[C@@H](NC(=O)[C@H](CC(=O)OC(C)(C)C)NC(=O)[C@H](C)NC(=O)[C@H](Cc1ccccc1)NC(=O)[C@H](C)NO)C(=O)OC(C)(C)C.C[C@@H](NO)C(=O)OC(C)(C)C.C[C@H](NO)C(=O)N[C@@H](CC(=O)O)C(=O)N[C@@H](Cc1ccccc1)C(=O)O. The molecule has 1 unspecified atom stereocenters. The molecule has 2 aromatic carbocycles. The maximum absolute atomic E-state index is 13.5. The molecular weight excluding hydrogens is 1100 g/mol. The Morgan fingerprint density at radius 2 is 0.786 bits per heavy atom. The van der Waals surface area contributed by atoms with Gasteiger partial charge in [0.1, 0.15) is 71.2 Å². The first kappa shape index (κ1) is 76.4. The summed E-state index contributed by atoms with van der Waals surface area (Å²) in [6, 6.07) is 6.97. The van der Waals surface area contributed by atoms with E-state index in [9.17, 15) is 57.8 Å². The fourth-order valence-corrected chi connectivity index (χ4v) is 6.64. The molecule has 6 amide bonds. The van der Waals surface area contributed by atoms with Crippen LogP contribution >= 0.6 is 0 Å². The fraction of sp³-hybridized carbons (Fsp3) is 0.589. The third kappa shape index (κ3) is 32.3. The lowest BCUT2D eigenvalue weighted by Crippen LogP contribution is -2.59. The molecule has 14 N–H and O–H groups in total. The molecule has 0 bridgehead atoms. The van der Waals surface area contributed by atoms with Crippen molar-refractivity contribution in [3.8, 4) is 0 Å². The van der Waals surface area contributed by atoms with Crippen LogP contribution in [0.25, 0.3) is 0 Å².